The first-order valence-corrected chi connectivity index (χ1v) is 5.25. The van der Waals surface area contributed by atoms with Gasteiger partial charge in [0.2, 0.25) is 11.7 Å². The second-order valence-corrected chi connectivity index (χ2v) is 3.89. The molecule has 2 rings (SSSR count). The lowest BCUT2D eigenvalue weighted by Crippen LogP contribution is -2.23. The van der Waals surface area contributed by atoms with Crippen LogP contribution in [0.1, 0.15) is 18.9 Å². The Balaban J connectivity index is 2.32. The fourth-order valence-electron chi connectivity index (χ4n) is 1.34. The molecule has 0 saturated heterocycles. The van der Waals surface area contributed by atoms with Gasteiger partial charge in [0, 0.05) is 5.56 Å². The maximum Gasteiger partial charge on any atom is 0.246 e. The molecule has 2 atom stereocenters. The van der Waals surface area contributed by atoms with Gasteiger partial charge in [0.25, 0.3) is 0 Å². The molecule has 0 spiro atoms. The molecule has 96 valence electrons. The molecular formula is C11H12FN3O3. The maximum absolute atomic E-state index is 13.2. The minimum Gasteiger partial charge on any atom is -0.505 e. The van der Waals surface area contributed by atoms with E-state index in [1.807, 2.05) is 0 Å². The molecule has 2 aromatic rings. The van der Waals surface area contributed by atoms with Crippen molar-refractivity contribution in [3.8, 4) is 17.1 Å². The highest BCUT2D eigenvalue weighted by molar-refractivity contribution is 5.55. The van der Waals surface area contributed by atoms with Gasteiger partial charge in [-0.25, -0.2) is 4.39 Å². The molecule has 1 aromatic carbocycles. The summed E-state index contributed by atoms with van der Waals surface area (Å²) in [5, 5.41) is 22.0. The van der Waals surface area contributed by atoms with Crippen LogP contribution in [0.5, 0.6) is 5.75 Å². The minimum atomic E-state index is -0.838. The lowest BCUT2D eigenvalue weighted by molar-refractivity contribution is 0.146. The summed E-state index contributed by atoms with van der Waals surface area (Å²) in [6.07, 6.45) is -0.838. The Morgan fingerprint density at radius 2 is 2.17 bits per heavy atom. The number of benzene rings is 1. The summed E-state index contributed by atoms with van der Waals surface area (Å²) < 4.78 is 18.0. The van der Waals surface area contributed by atoms with Crippen LogP contribution in [0.2, 0.25) is 0 Å². The molecule has 4 N–H and O–H groups in total. The largest absolute Gasteiger partial charge is 0.505 e. The summed E-state index contributed by atoms with van der Waals surface area (Å²) >= 11 is 0. The summed E-state index contributed by atoms with van der Waals surface area (Å²) in [5.74, 6) is -1.03. The Kier molecular flexibility index (Phi) is 3.26. The van der Waals surface area contributed by atoms with Crippen LogP contribution < -0.4 is 5.73 Å². The van der Waals surface area contributed by atoms with Crippen LogP contribution in [0, 0.1) is 5.82 Å². The topological polar surface area (TPSA) is 105 Å². The Bertz CT molecular complexity index is 556. The standard InChI is InChI=1S/C11H12FN3O3/c1-5(16)9(13)11-14-10(15-18-11)6-2-3-8(17)7(12)4-6/h2-5,9,16-17H,13H2,1H3/t5-,9+/m1/s1. The first kappa shape index (κ1) is 12.5. The predicted octanol–water partition coefficient (Wildman–Crippen LogP) is 0.962. The van der Waals surface area contributed by atoms with Gasteiger partial charge in [-0.1, -0.05) is 5.16 Å². The predicted molar refractivity (Wildman–Crippen MR) is 60.0 cm³/mol. The average Bonchev–Trinajstić information content (AvgIpc) is 2.81. The quantitative estimate of drug-likeness (QED) is 0.752. The van der Waals surface area contributed by atoms with Crippen LogP contribution in [0.25, 0.3) is 11.4 Å². The number of hydrogen-bond donors (Lipinski definition) is 3. The number of hydrogen-bond acceptors (Lipinski definition) is 6. The third-order valence-corrected chi connectivity index (χ3v) is 2.45. The van der Waals surface area contributed by atoms with Crippen molar-refractivity contribution in [3.05, 3.63) is 29.9 Å². The highest BCUT2D eigenvalue weighted by Crippen LogP contribution is 2.24. The highest BCUT2D eigenvalue weighted by Gasteiger charge is 2.20. The summed E-state index contributed by atoms with van der Waals surface area (Å²) in [6.45, 7) is 1.49. The van der Waals surface area contributed by atoms with E-state index in [4.69, 9.17) is 15.4 Å². The zero-order valence-corrected chi connectivity index (χ0v) is 9.54. The van der Waals surface area contributed by atoms with Gasteiger partial charge >= 0.3 is 0 Å². The van der Waals surface area contributed by atoms with Crippen molar-refractivity contribution >= 4 is 0 Å². The Labute approximate surface area is 102 Å². The summed E-state index contributed by atoms with van der Waals surface area (Å²) in [6, 6.07) is 2.92. The number of aliphatic hydroxyl groups is 1. The van der Waals surface area contributed by atoms with Crippen molar-refractivity contribution in [2.24, 2.45) is 5.73 Å². The molecule has 0 unspecified atom stereocenters. The molecule has 1 heterocycles. The van der Waals surface area contributed by atoms with Gasteiger partial charge in [0.1, 0.15) is 6.04 Å². The van der Waals surface area contributed by atoms with E-state index >= 15 is 0 Å². The monoisotopic (exact) mass is 253 g/mol. The van der Waals surface area contributed by atoms with Crippen LogP contribution in [0.3, 0.4) is 0 Å². The van der Waals surface area contributed by atoms with Crippen LogP contribution in [0.15, 0.2) is 22.7 Å². The van der Waals surface area contributed by atoms with Crippen molar-refractivity contribution in [3.63, 3.8) is 0 Å². The van der Waals surface area contributed by atoms with Crippen LogP contribution in [-0.4, -0.2) is 26.5 Å². The van der Waals surface area contributed by atoms with Crippen molar-refractivity contribution in [1.29, 1.82) is 0 Å². The second-order valence-electron chi connectivity index (χ2n) is 3.89. The molecule has 0 aliphatic rings. The molecule has 0 radical (unpaired) electrons. The fraction of sp³-hybridized carbons (Fsp3) is 0.273. The lowest BCUT2D eigenvalue weighted by atomic mass is 10.2. The minimum absolute atomic E-state index is 0.0634. The number of rotatable bonds is 3. The first-order valence-electron chi connectivity index (χ1n) is 5.25. The van der Waals surface area contributed by atoms with E-state index in [0.717, 1.165) is 6.07 Å². The van der Waals surface area contributed by atoms with Crippen LogP contribution in [0.4, 0.5) is 4.39 Å². The number of phenols is 1. The van der Waals surface area contributed by atoms with Gasteiger partial charge in [-0.2, -0.15) is 4.98 Å². The molecule has 0 bridgehead atoms. The van der Waals surface area contributed by atoms with Gasteiger partial charge in [-0.3, -0.25) is 0 Å². The van der Waals surface area contributed by atoms with Crippen molar-refractivity contribution < 1.29 is 19.1 Å². The lowest BCUT2D eigenvalue weighted by Gasteiger charge is -2.08. The zero-order chi connectivity index (χ0) is 13.3. The second kappa shape index (κ2) is 4.71. The molecule has 0 fully saturated rings. The van der Waals surface area contributed by atoms with Gasteiger partial charge in [-0.15, -0.1) is 0 Å². The number of halogens is 1. The fourth-order valence-corrected chi connectivity index (χ4v) is 1.34. The van der Waals surface area contributed by atoms with E-state index in [1.54, 1.807) is 0 Å². The van der Waals surface area contributed by atoms with Gasteiger partial charge in [0.15, 0.2) is 11.6 Å². The normalized spacial score (nSPS) is 14.4. The number of aromatic hydroxyl groups is 1. The average molecular weight is 253 g/mol. The smallest absolute Gasteiger partial charge is 0.246 e. The summed E-state index contributed by atoms with van der Waals surface area (Å²) in [7, 11) is 0. The SMILES string of the molecule is C[C@@H](O)[C@H](N)c1nc(-c2ccc(O)c(F)c2)no1. The van der Waals surface area contributed by atoms with Crippen LogP contribution >= 0.6 is 0 Å². The molecular weight excluding hydrogens is 241 g/mol. The van der Waals surface area contributed by atoms with Crippen molar-refractivity contribution in [2.45, 2.75) is 19.1 Å². The van der Waals surface area contributed by atoms with E-state index in [9.17, 15) is 9.50 Å². The third kappa shape index (κ3) is 2.31. The summed E-state index contributed by atoms with van der Waals surface area (Å²) in [4.78, 5) is 3.96. The van der Waals surface area contributed by atoms with E-state index < -0.39 is 23.7 Å². The molecule has 7 heteroatoms. The zero-order valence-electron chi connectivity index (χ0n) is 9.54. The van der Waals surface area contributed by atoms with Crippen molar-refractivity contribution in [1.82, 2.24) is 10.1 Å². The summed E-state index contributed by atoms with van der Waals surface area (Å²) in [5.41, 5.74) is 5.97. The van der Waals surface area contributed by atoms with Gasteiger partial charge < -0.3 is 20.5 Å². The molecule has 6 nitrogen and oxygen atoms in total. The van der Waals surface area contributed by atoms with Gasteiger partial charge in [-0.05, 0) is 25.1 Å². The molecule has 1 aromatic heterocycles. The molecule has 0 amide bonds. The highest BCUT2D eigenvalue weighted by atomic mass is 19.1. The number of nitrogens with two attached hydrogens (primary N) is 1. The number of nitrogens with zero attached hydrogens (tertiary/aromatic N) is 2. The molecule has 0 aliphatic carbocycles. The van der Waals surface area contributed by atoms with E-state index in [0.29, 0.717) is 5.56 Å². The Morgan fingerprint density at radius 1 is 1.44 bits per heavy atom. The van der Waals surface area contributed by atoms with E-state index in [1.165, 1.54) is 19.1 Å². The molecule has 0 saturated carbocycles. The Morgan fingerprint density at radius 3 is 2.78 bits per heavy atom. The maximum atomic E-state index is 13.2. The van der Waals surface area contributed by atoms with Crippen LogP contribution in [-0.2, 0) is 0 Å². The first-order chi connectivity index (χ1) is 8.49. The van der Waals surface area contributed by atoms with E-state index in [2.05, 4.69) is 10.1 Å². The van der Waals surface area contributed by atoms with E-state index in [-0.39, 0.29) is 11.7 Å². The number of aliphatic hydroxyl groups excluding tert-OH is 1. The third-order valence-electron chi connectivity index (χ3n) is 2.45. The van der Waals surface area contributed by atoms with Gasteiger partial charge in [0.05, 0.1) is 6.10 Å². The number of aromatic nitrogens is 2. The van der Waals surface area contributed by atoms with Crippen molar-refractivity contribution in [2.75, 3.05) is 0 Å². The molecule has 18 heavy (non-hydrogen) atoms. The molecule has 0 aliphatic heterocycles. The number of phenolic OH excluding ortho intramolecular Hbond substituents is 1. The Hall–Kier alpha value is -1.99.